The molecule has 0 bridgehead atoms. The molecule has 2 amide bonds. The van der Waals surface area contributed by atoms with Crippen LogP contribution in [0.4, 0.5) is 11.8 Å². The topological polar surface area (TPSA) is 187 Å². The molecule has 5 aromatic rings. The standard InChI is InChI=1S/C48H64N6O10Si/c1-29(2)45(57)51-43-40-44(53-47(52-43)50-39(55)26-58-9)54(27-49-40)46-42(61-28-63-65(30(3)4,31(5)6)32(7)8)41(56)38(64-46)25-62-48(33-15-13-12-14-16-33,34-17-21-36(59-10)22-18-34)35-19-23-37(60-11)24-20-35/h12-24,27,29-32,38,41-42,46,56H,25-26,28H2,1-11H3,(H2,50,51,52,53,55,57)/t38-,41-,42-,46-/m1/s1. The number of hydrogen-bond donors (Lipinski definition) is 3. The highest BCUT2D eigenvalue weighted by Crippen LogP contribution is 2.45. The van der Waals surface area contributed by atoms with Gasteiger partial charge in [0.25, 0.3) is 5.91 Å². The van der Waals surface area contributed by atoms with Crippen molar-refractivity contribution in [3.8, 4) is 11.5 Å². The van der Waals surface area contributed by atoms with Gasteiger partial charge in [0.15, 0.2) is 23.2 Å². The third kappa shape index (κ3) is 10.3. The molecule has 17 heteroatoms. The molecule has 6 rings (SSSR count). The number of nitrogens with zero attached hydrogens (tertiary/aromatic N) is 4. The van der Waals surface area contributed by atoms with E-state index in [-0.39, 0.29) is 65.5 Å². The molecule has 4 atom stereocenters. The Labute approximate surface area is 382 Å². The predicted molar refractivity (Wildman–Crippen MR) is 249 cm³/mol. The molecular formula is C48H64N6O10Si. The van der Waals surface area contributed by atoms with E-state index in [2.05, 4.69) is 67.1 Å². The molecular weight excluding hydrogens is 849 g/mol. The molecule has 2 aromatic heterocycles. The number of aliphatic hydroxyl groups excluding tert-OH is 1. The van der Waals surface area contributed by atoms with Crippen molar-refractivity contribution < 1.29 is 47.5 Å². The number of aliphatic hydroxyl groups is 1. The van der Waals surface area contributed by atoms with Gasteiger partial charge in [0.05, 0.1) is 27.2 Å². The summed E-state index contributed by atoms with van der Waals surface area (Å²) >= 11 is 0. The van der Waals surface area contributed by atoms with Gasteiger partial charge >= 0.3 is 0 Å². The highest BCUT2D eigenvalue weighted by molar-refractivity contribution is 6.77. The summed E-state index contributed by atoms with van der Waals surface area (Å²) in [4.78, 5) is 39.5. The molecule has 16 nitrogen and oxygen atoms in total. The molecule has 350 valence electrons. The molecule has 0 aliphatic carbocycles. The van der Waals surface area contributed by atoms with E-state index in [1.807, 2.05) is 78.9 Å². The van der Waals surface area contributed by atoms with Gasteiger partial charge in [0, 0.05) is 13.0 Å². The lowest BCUT2D eigenvalue weighted by Crippen LogP contribution is -2.49. The van der Waals surface area contributed by atoms with Crippen molar-refractivity contribution in [3.63, 3.8) is 0 Å². The largest absolute Gasteiger partial charge is 0.497 e. The first-order chi connectivity index (χ1) is 31.1. The van der Waals surface area contributed by atoms with Crippen LogP contribution in [0, 0.1) is 5.92 Å². The Morgan fingerprint density at radius 1 is 0.800 bits per heavy atom. The van der Waals surface area contributed by atoms with Crippen LogP contribution in [0.2, 0.25) is 16.6 Å². The Morgan fingerprint density at radius 2 is 1.37 bits per heavy atom. The van der Waals surface area contributed by atoms with Gasteiger partial charge in [-0.05, 0) is 57.6 Å². The molecule has 1 aliphatic rings. The SMILES string of the molecule is COCC(=O)Nc1nc(NC(=O)C(C)C)c2ncn([C@@H]3O[C@H](COC(c4ccccc4)(c4ccc(OC)cc4)c4ccc(OC)cc4)[C@@H](O)[C@H]3OCO[Si](C(C)C)(C(C)C)C(C)C)c2n1. The van der Waals surface area contributed by atoms with Crippen LogP contribution in [0.25, 0.3) is 11.2 Å². The number of carbonyl (C=O) groups is 2. The van der Waals surface area contributed by atoms with Crippen molar-refractivity contribution in [2.24, 2.45) is 5.92 Å². The third-order valence-corrected chi connectivity index (χ3v) is 18.2. The van der Waals surface area contributed by atoms with Gasteiger partial charge in [-0.15, -0.1) is 0 Å². The number of benzene rings is 3. The van der Waals surface area contributed by atoms with E-state index in [1.165, 1.54) is 13.4 Å². The van der Waals surface area contributed by atoms with Crippen LogP contribution in [-0.2, 0) is 38.6 Å². The number of anilines is 2. The fourth-order valence-corrected chi connectivity index (χ4v) is 14.3. The molecule has 0 spiro atoms. The summed E-state index contributed by atoms with van der Waals surface area (Å²) in [5.74, 6) is 0.104. The van der Waals surface area contributed by atoms with E-state index < -0.39 is 50.3 Å². The van der Waals surface area contributed by atoms with Crippen LogP contribution in [-0.4, -0.2) is 104 Å². The Morgan fingerprint density at radius 3 is 1.89 bits per heavy atom. The van der Waals surface area contributed by atoms with E-state index in [1.54, 1.807) is 32.6 Å². The molecule has 3 heterocycles. The van der Waals surface area contributed by atoms with E-state index in [0.717, 1.165) is 16.7 Å². The maximum absolute atomic E-state index is 13.0. The highest BCUT2D eigenvalue weighted by atomic mass is 28.4. The zero-order valence-electron chi connectivity index (χ0n) is 39.2. The van der Waals surface area contributed by atoms with Crippen molar-refractivity contribution in [1.29, 1.82) is 0 Å². The summed E-state index contributed by atoms with van der Waals surface area (Å²) in [6.45, 7) is 16.2. The van der Waals surface area contributed by atoms with Crippen LogP contribution in [0.3, 0.4) is 0 Å². The molecule has 3 N–H and O–H groups in total. The maximum Gasteiger partial charge on any atom is 0.252 e. The quantitative estimate of drug-likeness (QED) is 0.0368. The van der Waals surface area contributed by atoms with Crippen molar-refractivity contribution in [1.82, 2.24) is 19.5 Å². The number of hydrogen-bond acceptors (Lipinski definition) is 13. The summed E-state index contributed by atoms with van der Waals surface area (Å²) < 4.78 is 45.2. The maximum atomic E-state index is 13.0. The van der Waals surface area contributed by atoms with Crippen molar-refractivity contribution in [2.75, 3.05) is 52.0 Å². The van der Waals surface area contributed by atoms with Gasteiger partial charge in [-0.1, -0.05) is 110 Å². The average molecular weight is 913 g/mol. The number of methoxy groups -OCH3 is 3. The number of rotatable bonds is 21. The molecule has 0 unspecified atom stereocenters. The van der Waals surface area contributed by atoms with Crippen molar-refractivity contribution in [3.05, 3.63) is 102 Å². The zero-order valence-corrected chi connectivity index (χ0v) is 40.2. The number of carbonyl (C=O) groups excluding carboxylic acids is 2. The first-order valence-electron chi connectivity index (χ1n) is 22.0. The molecule has 65 heavy (non-hydrogen) atoms. The monoisotopic (exact) mass is 912 g/mol. The second-order valence-corrected chi connectivity index (χ2v) is 22.9. The van der Waals surface area contributed by atoms with E-state index in [4.69, 9.17) is 32.8 Å². The zero-order chi connectivity index (χ0) is 47.1. The Bertz CT molecular complexity index is 2270. The summed E-state index contributed by atoms with van der Waals surface area (Å²) in [6, 6.07) is 25.2. The lowest BCUT2D eigenvalue weighted by atomic mass is 9.80. The van der Waals surface area contributed by atoms with E-state index >= 15 is 0 Å². The first kappa shape index (κ1) is 49.2. The summed E-state index contributed by atoms with van der Waals surface area (Å²) in [5.41, 5.74) is 2.46. The second-order valence-electron chi connectivity index (χ2n) is 17.4. The fourth-order valence-electron chi connectivity index (χ4n) is 9.05. The van der Waals surface area contributed by atoms with Crippen molar-refractivity contribution >= 4 is 43.1 Å². The average Bonchev–Trinajstić information content (AvgIpc) is 3.85. The smallest absolute Gasteiger partial charge is 0.252 e. The van der Waals surface area contributed by atoms with Crippen molar-refractivity contribution in [2.45, 2.75) is 102 Å². The predicted octanol–water partition coefficient (Wildman–Crippen LogP) is 7.82. The number of aromatic nitrogens is 4. The van der Waals surface area contributed by atoms with E-state index in [0.29, 0.717) is 11.5 Å². The number of nitrogens with one attached hydrogen (secondary N) is 2. The molecule has 1 aliphatic heterocycles. The normalized spacial score (nSPS) is 18.0. The Balaban J connectivity index is 1.45. The van der Waals surface area contributed by atoms with Gasteiger partial charge in [-0.25, -0.2) is 4.98 Å². The molecule has 0 saturated carbocycles. The summed E-state index contributed by atoms with van der Waals surface area (Å²) in [5, 5.41) is 17.9. The van der Waals surface area contributed by atoms with Crippen LogP contribution in [0.15, 0.2) is 85.2 Å². The van der Waals surface area contributed by atoms with Gasteiger partial charge < -0.3 is 43.3 Å². The van der Waals surface area contributed by atoms with Crippen LogP contribution >= 0.6 is 0 Å². The molecule has 1 saturated heterocycles. The van der Waals surface area contributed by atoms with Gasteiger partial charge in [-0.2, -0.15) is 9.97 Å². The van der Waals surface area contributed by atoms with Crippen LogP contribution < -0.4 is 20.1 Å². The minimum absolute atomic E-state index is 0.0765. The van der Waals surface area contributed by atoms with Gasteiger partial charge in [0.1, 0.15) is 48.8 Å². The van der Waals surface area contributed by atoms with Gasteiger partial charge in [0.2, 0.25) is 20.2 Å². The number of imidazole rings is 1. The highest BCUT2D eigenvalue weighted by Gasteiger charge is 2.50. The third-order valence-electron chi connectivity index (χ3n) is 12.2. The minimum Gasteiger partial charge on any atom is -0.497 e. The molecule has 3 aromatic carbocycles. The minimum atomic E-state index is -2.42. The van der Waals surface area contributed by atoms with Crippen LogP contribution in [0.5, 0.6) is 11.5 Å². The first-order valence-corrected chi connectivity index (χ1v) is 24.2. The number of amides is 2. The number of fused-ring (bicyclic) bond motifs is 1. The Kier molecular flexibility index (Phi) is 16.2. The molecule has 1 fully saturated rings. The fraction of sp³-hybridized carbons (Fsp3) is 0.479. The lowest BCUT2D eigenvalue weighted by Gasteiger charge is -2.42. The summed E-state index contributed by atoms with van der Waals surface area (Å²) in [6.07, 6.45) is -2.85. The second kappa shape index (κ2) is 21.4. The number of ether oxygens (including phenoxy) is 6. The summed E-state index contributed by atoms with van der Waals surface area (Å²) in [7, 11) is 2.21. The van der Waals surface area contributed by atoms with Gasteiger partial charge in [-0.3, -0.25) is 19.5 Å². The Hall–Kier alpha value is -5.27. The molecule has 0 radical (unpaired) electrons. The van der Waals surface area contributed by atoms with Crippen LogP contribution in [0.1, 0.15) is 78.3 Å². The lowest BCUT2D eigenvalue weighted by molar-refractivity contribution is -0.120. The van der Waals surface area contributed by atoms with E-state index in [9.17, 15) is 14.7 Å².